The van der Waals surface area contributed by atoms with Crippen LogP contribution in [0.3, 0.4) is 0 Å². The van der Waals surface area contributed by atoms with Crippen molar-refractivity contribution in [1.82, 2.24) is 4.98 Å². The van der Waals surface area contributed by atoms with E-state index in [0.717, 1.165) is 16.6 Å². The second-order valence-electron chi connectivity index (χ2n) is 3.97. The van der Waals surface area contributed by atoms with Gasteiger partial charge in [-0.15, -0.1) is 13.2 Å². The third kappa shape index (κ3) is 5.14. The maximum absolute atomic E-state index is 12.0. The Bertz CT molecular complexity index is 570. The van der Waals surface area contributed by atoms with Gasteiger partial charge in [0.15, 0.2) is 5.13 Å². The molecule has 0 amide bonds. The zero-order valence-corrected chi connectivity index (χ0v) is 11.9. The smallest absolute Gasteiger partial charge is 0.488 e. The lowest BCUT2D eigenvalue weighted by molar-refractivity contribution is -0.274. The number of nitrogens with one attached hydrogen (secondary N) is 1. The second kappa shape index (κ2) is 6.66. The van der Waals surface area contributed by atoms with Crippen LogP contribution in [0.25, 0.3) is 0 Å². The number of thiazole rings is 1. The van der Waals surface area contributed by atoms with E-state index < -0.39 is 6.36 Å². The lowest BCUT2D eigenvalue weighted by Crippen LogP contribution is -2.16. The number of alkyl halides is 3. The van der Waals surface area contributed by atoms with Gasteiger partial charge in [-0.1, -0.05) is 11.3 Å². The molecule has 0 saturated heterocycles. The minimum absolute atomic E-state index is 0.276. The average molecular weight is 318 g/mol. The summed E-state index contributed by atoms with van der Waals surface area (Å²) in [5, 5.41) is 3.89. The summed E-state index contributed by atoms with van der Waals surface area (Å²) in [6.07, 6.45) is -2.99. The Kier molecular flexibility index (Phi) is 4.89. The molecule has 114 valence electrons. The van der Waals surface area contributed by atoms with Gasteiger partial charge in [-0.25, -0.2) is 4.98 Å². The largest absolute Gasteiger partial charge is 0.573 e. The van der Waals surface area contributed by atoms with Crippen LogP contribution in [0, 0.1) is 0 Å². The molecule has 21 heavy (non-hydrogen) atoms. The predicted molar refractivity (Wildman–Crippen MR) is 73.7 cm³/mol. The van der Waals surface area contributed by atoms with Gasteiger partial charge in [-0.05, 0) is 31.2 Å². The fourth-order valence-corrected chi connectivity index (χ4v) is 2.29. The average Bonchev–Trinajstić information content (AvgIpc) is 2.84. The van der Waals surface area contributed by atoms with E-state index in [2.05, 4.69) is 15.0 Å². The highest BCUT2D eigenvalue weighted by molar-refractivity contribution is 7.15. The number of rotatable bonds is 6. The molecule has 0 aliphatic rings. The SMILES string of the molecule is CCNc1ncc(COc2ccc(OC(F)(F)F)cc2)s1. The van der Waals surface area contributed by atoms with Gasteiger partial charge in [0.2, 0.25) is 0 Å². The second-order valence-corrected chi connectivity index (χ2v) is 5.09. The summed E-state index contributed by atoms with van der Waals surface area (Å²) in [6.45, 7) is 3.07. The molecule has 0 radical (unpaired) electrons. The molecule has 2 rings (SSSR count). The van der Waals surface area contributed by atoms with Gasteiger partial charge >= 0.3 is 6.36 Å². The highest BCUT2D eigenvalue weighted by atomic mass is 32.1. The molecule has 0 atom stereocenters. The van der Waals surface area contributed by atoms with Crippen LogP contribution in [0.5, 0.6) is 11.5 Å². The van der Waals surface area contributed by atoms with Gasteiger partial charge in [-0.3, -0.25) is 0 Å². The predicted octanol–water partition coefficient (Wildman–Crippen LogP) is 4.05. The molecule has 1 aromatic heterocycles. The molecule has 1 aromatic carbocycles. The Morgan fingerprint density at radius 2 is 1.86 bits per heavy atom. The molecule has 2 aromatic rings. The van der Waals surface area contributed by atoms with Crippen molar-refractivity contribution < 1.29 is 22.6 Å². The van der Waals surface area contributed by atoms with Crippen LogP contribution in [0.2, 0.25) is 0 Å². The summed E-state index contributed by atoms with van der Waals surface area (Å²) in [6, 6.07) is 5.26. The minimum atomic E-state index is -4.69. The number of aromatic nitrogens is 1. The number of halogens is 3. The van der Waals surface area contributed by atoms with E-state index >= 15 is 0 Å². The van der Waals surface area contributed by atoms with Crippen LogP contribution in [0.15, 0.2) is 30.5 Å². The Morgan fingerprint density at radius 3 is 2.48 bits per heavy atom. The van der Waals surface area contributed by atoms with Gasteiger partial charge in [0.05, 0.1) is 4.88 Å². The Balaban J connectivity index is 1.88. The first-order chi connectivity index (χ1) is 9.96. The van der Waals surface area contributed by atoms with Gasteiger partial charge < -0.3 is 14.8 Å². The van der Waals surface area contributed by atoms with Crippen molar-refractivity contribution in [3.05, 3.63) is 35.3 Å². The van der Waals surface area contributed by atoms with Crippen LogP contribution in [-0.2, 0) is 6.61 Å². The van der Waals surface area contributed by atoms with Crippen LogP contribution in [-0.4, -0.2) is 17.9 Å². The molecule has 0 fully saturated rings. The molecule has 0 bridgehead atoms. The summed E-state index contributed by atoms with van der Waals surface area (Å²) in [4.78, 5) is 5.07. The Morgan fingerprint density at radius 1 is 1.19 bits per heavy atom. The summed E-state index contributed by atoms with van der Waals surface area (Å²) in [5.74, 6) is 0.185. The fraction of sp³-hybridized carbons (Fsp3) is 0.308. The van der Waals surface area contributed by atoms with Gasteiger partial charge in [0, 0.05) is 12.7 Å². The lowest BCUT2D eigenvalue weighted by Gasteiger charge is -2.09. The lowest BCUT2D eigenvalue weighted by atomic mass is 10.3. The van der Waals surface area contributed by atoms with E-state index in [4.69, 9.17) is 4.74 Å². The third-order valence-corrected chi connectivity index (χ3v) is 3.25. The van der Waals surface area contributed by atoms with Crippen molar-refractivity contribution in [2.75, 3.05) is 11.9 Å². The molecular weight excluding hydrogens is 305 g/mol. The normalized spacial score (nSPS) is 11.2. The van der Waals surface area contributed by atoms with Crippen molar-refractivity contribution in [1.29, 1.82) is 0 Å². The van der Waals surface area contributed by atoms with Gasteiger partial charge in [-0.2, -0.15) is 0 Å². The first kappa shape index (κ1) is 15.4. The van der Waals surface area contributed by atoms with E-state index in [9.17, 15) is 13.2 Å². The molecule has 1 heterocycles. The van der Waals surface area contributed by atoms with Crippen LogP contribution in [0.1, 0.15) is 11.8 Å². The molecule has 0 aliphatic carbocycles. The number of anilines is 1. The monoisotopic (exact) mass is 318 g/mol. The molecule has 0 saturated carbocycles. The quantitative estimate of drug-likeness (QED) is 0.872. The molecule has 8 heteroatoms. The van der Waals surface area contributed by atoms with Crippen molar-refractivity contribution in [3.63, 3.8) is 0 Å². The summed E-state index contributed by atoms with van der Waals surface area (Å²) in [5.41, 5.74) is 0. The van der Waals surface area contributed by atoms with E-state index in [1.165, 1.54) is 35.6 Å². The Labute approximate surface area is 123 Å². The summed E-state index contributed by atoms with van der Waals surface area (Å²) >= 11 is 1.47. The standard InChI is InChI=1S/C13H13F3N2O2S/c1-2-17-12-18-7-11(21-12)8-19-9-3-5-10(6-4-9)20-13(14,15)16/h3-7H,2,8H2,1H3,(H,17,18). The van der Waals surface area contributed by atoms with Crippen molar-refractivity contribution in [2.24, 2.45) is 0 Å². The van der Waals surface area contributed by atoms with E-state index in [1.807, 2.05) is 6.92 Å². The molecule has 0 unspecified atom stereocenters. The minimum Gasteiger partial charge on any atom is -0.488 e. The zero-order chi connectivity index (χ0) is 15.3. The molecular formula is C13H13F3N2O2S. The molecule has 4 nitrogen and oxygen atoms in total. The maximum atomic E-state index is 12.0. The number of benzene rings is 1. The third-order valence-electron chi connectivity index (χ3n) is 2.32. The van der Waals surface area contributed by atoms with E-state index in [-0.39, 0.29) is 5.75 Å². The highest BCUT2D eigenvalue weighted by Crippen LogP contribution is 2.25. The first-order valence-electron chi connectivity index (χ1n) is 6.13. The molecule has 0 spiro atoms. The van der Waals surface area contributed by atoms with Crippen molar-refractivity contribution in [2.45, 2.75) is 19.9 Å². The zero-order valence-electron chi connectivity index (χ0n) is 11.1. The van der Waals surface area contributed by atoms with Crippen LogP contribution >= 0.6 is 11.3 Å². The Hall–Kier alpha value is -1.96. The number of ether oxygens (including phenoxy) is 2. The van der Waals surface area contributed by atoms with Gasteiger partial charge in [0.1, 0.15) is 18.1 Å². The maximum Gasteiger partial charge on any atom is 0.573 e. The fourth-order valence-electron chi connectivity index (χ4n) is 1.50. The van der Waals surface area contributed by atoms with E-state index in [0.29, 0.717) is 12.4 Å². The van der Waals surface area contributed by atoms with Crippen LogP contribution in [0.4, 0.5) is 18.3 Å². The summed E-state index contributed by atoms with van der Waals surface area (Å²) in [7, 11) is 0. The highest BCUT2D eigenvalue weighted by Gasteiger charge is 2.30. The number of nitrogens with zero attached hydrogens (tertiary/aromatic N) is 1. The first-order valence-corrected chi connectivity index (χ1v) is 6.95. The molecule has 0 aliphatic heterocycles. The van der Waals surface area contributed by atoms with E-state index in [1.54, 1.807) is 6.20 Å². The summed E-state index contributed by atoms with van der Waals surface area (Å²) < 4.78 is 45.3. The molecule has 1 N–H and O–H groups in total. The topological polar surface area (TPSA) is 43.4 Å². The van der Waals surface area contributed by atoms with Crippen LogP contribution < -0.4 is 14.8 Å². The van der Waals surface area contributed by atoms with Crippen molar-refractivity contribution >= 4 is 16.5 Å². The van der Waals surface area contributed by atoms with Crippen molar-refractivity contribution in [3.8, 4) is 11.5 Å². The number of hydrogen-bond donors (Lipinski definition) is 1. The number of hydrogen-bond acceptors (Lipinski definition) is 5. The van der Waals surface area contributed by atoms with Gasteiger partial charge in [0.25, 0.3) is 0 Å².